The number of hydrogen-bond acceptors (Lipinski definition) is 5. The van der Waals surface area contributed by atoms with Crippen LogP contribution in [0.1, 0.15) is 67.0 Å². The fourth-order valence-corrected chi connectivity index (χ4v) is 3.75. The summed E-state index contributed by atoms with van der Waals surface area (Å²) in [6.07, 6.45) is 13.2. The largest absolute Gasteiger partial charge is 0.505 e. The average Bonchev–Trinajstić information content (AvgIpc) is 3.07. The first-order valence-electron chi connectivity index (χ1n) is 9.27. The van der Waals surface area contributed by atoms with Crippen molar-refractivity contribution < 1.29 is 14.6 Å². The molecule has 1 fully saturated rings. The smallest absolute Gasteiger partial charge is 0.157 e. The predicted octanol–water partition coefficient (Wildman–Crippen LogP) is 3.93. The van der Waals surface area contributed by atoms with E-state index in [4.69, 9.17) is 4.74 Å². The van der Waals surface area contributed by atoms with Gasteiger partial charge in [0.25, 0.3) is 0 Å². The highest BCUT2D eigenvalue weighted by atomic mass is 16.5. The Morgan fingerprint density at radius 1 is 1.23 bits per heavy atom. The van der Waals surface area contributed by atoms with E-state index >= 15 is 0 Å². The third-order valence-electron chi connectivity index (χ3n) is 5.43. The Morgan fingerprint density at radius 3 is 2.85 bits per heavy atom. The van der Waals surface area contributed by atoms with Crippen LogP contribution in [0.5, 0.6) is 11.5 Å². The van der Waals surface area contributed by atoms with E-state index in [0.717, 1.165) is 19.3 Å². The zero-order valence-corrected chi connectivity index (χ0v) is 14.7. The molecule has 26 heavy (non-hydrogen) atoms. The molecule has 6 heteroatoms. The lowest BCUT2D eigenvalue weighted by Crippen LogP contribution is -2.21. The first-order chi connectivity index (χ1) is 12.8. The lowest BCUT2D eigenvalue weighted by atomic mass is 9.88. The van der Waals surface area contributed by atoms with Crippen LogP contribution < -0.4 is 4.74 Å². The summed E-state index contributed by atoms with van der Waals surface area (Å²) < 4.78 is 8.05. The monoisotopic (exact) mass is 353 g/mol. The Hall–Kier alpha value is -2.63. The maximum absolute atomic E-state index is 11.2. The van der Waals surface area contributed by atoms with E-state index in [1.54, 1.807) is 0 Å². The molecule has 2 aromatic heterocycles. The highest BCUT2D eigenvalue weighted by molar-refractivity contribution is 5.82. The van der Waals surface area contributed by atoms with Crippen LogP contribution in [-0.4, -0.2) is 32.8 Å². The van der Waals surface area contributed by atoms with Crippen LogP contribution in [0.2, 0.25) is 0 Å². The van der Waals surface area contributed by atoms with Gasteiger partial charge in [0.2, 0.25) is 0 Å². The first kappa shape index (κ1) is 16.8. The molecule has 0 saturated heterocycles. The fourth-order valence-electron chi connectivity index (χ4n) is 3.75. The molecule has 0 aliphatic heterocycles. The summed E-state index contributed by atoms with van der Waals surface area (Å²) in [4.78, 5) is 15.1. The minimum atomic E-state index is -0.154. The Balaban J connectivity index is 1.60. The number of rotatable bonds is 6. The topological polar surface area (TPSA) is 77.2 Å². The summed E-state index contributed by atoms with van der Waals surface area (Å²) in [6, 6.07) is 2.62. The molecule has 6 nitrogen and oxygen atoms in total. The third-order valence-corrected chi connectivity index (χ3v) is 5.43. The predicted molar refractivity (Wildman–Crippen MR) is 97.3 cm³/mol. The summed E-state index contributed by atoms with van der Waals surface area (Å²) in [7, 11) is 0. The molecule has 0 radical (unpaired) electrons. The van der Waals surface area contributed by atoms with Crippen molar-refractivity contribution in [3.8, 4) is 11.5 Å². The SMILES string of the molecule is O=Cc1c(O)cncc1OCC1=C(c2ccnn2C2CCC2)CCCC1. The van der Waals surface area contributed by atoms with Crippen molar-refractivity contribution >= 4 is 11.9 Å². The number of carbonyl (C=O) groups is 1. The number of allylic oxidation sites excluding steroid dienone is 1. The van der Waals surface area contributed by atoms with Crippen molar-refractivity contribution in [2.75, 3.05) is 6.61 Å². The van der Waals surface area contributed by atoms with Gasteiger partial charge in [-0.2, -0.15) is 5.10 Å². The number of aldehydes is 1. The number of nitrogens with zero attached hydrogens (tertiary/aromatic N) is 3. The normalized spacial score (nSPS) is 17.8. The molecule has 1 N–H and O–H groups in total. The van der Waals surface area contributed by atoms with Gasteiger partial charge in [-0.1, -0.05) is 0 Å². The van der Waals surface area contributed by atoms with Crippen LogP contribution in [0.25, 0.3) is 5.57 Å². The number of aromatic hydroxyl groups is 1. The average molecular weight is 353 g/mol. The molecule has 0 amide bonds. The highest BCUT2D eigenvalue weighted by Crippen LogP contribution is 2.38. The first-order valence-corrected chi connectivity index (χ1v) is 9.27. The van der Waals surface area contributed by atoms with Gasteiger partial charge in [0, 0.05) is 6.20 Å². The van der Waals surface area contributed by atoms with Gasteiger partial charge in [-0.15, -0.1) is 0 Å². The molecule has 0 aromatic carbocycles. The van der Waals surface area contributed by atoms with Gasteiger partial charge >= 0.3 is 0 Å². The van der Waals surface area contributed by atoms with Gasteiger partial charge < -0.3 is 9.84 Å². The second-order valence-electron chi connectivity index (χ2n) is 7.01. The fraction of sp³-hybridized carbons (Fsp3) is 0.450. The van der Waals surface area contributed by atoms with Crippen LogP contribution >= 0.6 is 0 Å². The molecule has 136 valence electrons. The summed E-state index contributed by atoms with van der Waals surface area (Å²) in [5.74, 6) is 0.170. The number of pyridine rings is 1. The molecule has 0 unspecified atom stereocenters. The van der Waals surface area contributed by atoms with E-state index in [-0.39, 0.29) is 11.3 Å². The van der Waals surface area contributed by atoms with Gasteiger partial charge in [0.05, 0.1) is 24.1 Å². The Morgan fingerprint density at radius 2 is 2.08 bits per heavy atom. The van der Waals surface area contributed by atoms with Gasteiger partial charge in [0.1, 0.15) is 17.9 Å². The molecule has 1 saturated carbocycles. The Labute approximate surface area is 152 Å². The second kappa shape index (κ2) is 7.32. The van der Waals surface area contributed by atoms with Gasteiger partial charge in [-0.3, -0.25) is 14.5 Å². The minimum absolute atomic E-state index is 0.150. The number of hydrogen-bond donors (Lipinski definition) is 1. The maximum Gasteiger partial charge on any atom is 0.157 e. The quantitative estimate of drug-likeness (QED) is 0.796. The molecule has 2 heterocycles. The summed E-state index contributed by atoms with van der Waals surface area (Å²) >= 11 is 0. The van der Waals surface area contributed by atoms with Crippen molar-refractivity contribution in [1.82, 2.24) is 14.8 Å². The number of aromatic nitrogens is 3. The van der Waals surface area contributed by atoms with E-state index in [1.165, 1.54) is 54.9 Å². The lowest BCUT2D eigenvalue weighted by molar-refractivity contribution is 0.111. The van der Waals surface area contributed by atoms with Crippen LogP contribution in [0.3, 0.4) is 0 Å². The van der Waals surface area contributed by atoms with Crippen LogP contribution in [0, 0.1) is 0 Å². The van der Waals surface area contributed by atoms with Crippen molar-refractivity contribution in [1.29, 1.82) is 0 Å². The maximum atomic E-state index is 11.2. The Bertz CT molecular complexity index is 837. The molecule has 2 aliphatic rings. The summed E-state index contributed by atoms with van der Waals surface area (Å²) in [5, 5.41) is 14.3. The van der Waals surface area contributed by atoms with Gasteiger partial charge in [0.15, 0.2) is 12.0 Å². The molecule has 0 bridgehead atoms. The molecule has 2 aromatic rings. The van der Waals surface area contributed by atoms with E-state index in [0.29, 0.717) is 24.7 Å². The van der Waals surface area contributed by atoms with Crippen molar-refractivity contribution in [3.05, 3.63) is 41.5 Å². The van der Waals surface area contributed by atoms with Crippen LogP contribution in [0.15, 0.2) is 30.2 Å². The van der Waals surface area contributed by atoms with Crippen molar-refractivity contribution in [2.24, 2.45) is 0 Å². The molecule has 0 atom stereocenters. The summed E-state index contributed by atoms with van der Waals surface area (Å²) in [6.45, 7) is 0.400. The minimum Gasteiger partial charge on any atom is -0.505 e. The van der Waals surface area contributed by atoms with Crippen LogP contribution in [-0.2, 0) is 0 Å². The van der Waals surface area contributed by atoms with Crippen molar-refractivity contribution in [2.45, 2.75) is 51.0 Å². The molecule has 0 spiro atoms. The van der Waals surface area contributed by atoms with E-state index in [2.05, 4.69) is 20.8 Å². The van der Waals surface area contributed by atoms with E-state index < -0.39 is 0 Å². The zero-order chi connectivity index (χ0) is 17.9. The molecular formula is C20H23N3O3. The molecule has 4 rings (SSSR count). The zero-order valence-electron chi connectivity index (χ0n) is 14.7. The van der Waals surface area contributed by atoms with Crippen molar-refractivity contribution in [3.63, 3.8) is 0 Å². The molecular weight excluding hydrogens is 330 g/mol. The lowest BCUT2D eigenvalue weighted by Gasteiger charge is -2.29. The summed E-state index contributed by atoms with van der Waals surface area (Å²) in [5.41, 5.74) is 3.93. The van der Waals surface area contributed by atoms with E-state index in [9.17, 15) is 9.90 Å². The standard InChI is InChI=1S/C20H23N3O3/c24-12-17-19(25)10-21-11-20(17)26-13-14-4-1-2-7-16(14)18-8-9-22-23(18)15-5-3-6-15/h8-12,15,25H,1-7,13H2. The highest BCUT2D eigenvalue weighted by Gasteiger charge is 2.25. The Kier molecular flexibility index (Phi) is 4.73. The van der Waals surface area contributed by atoms with E-state index in [1.807, 2.05) is 6.20 Å². The van der Waals surface area contributed by atoms with Gasteiger partial charge in [-0.25, -0.2) is 0 Å². The number of carbonyl (C=O) groups excluding carboxylic acids is 1. The van der Waals surface area contributed by atoms with Crippen LogP contribution in [0.4, 0.5) is 0 Å². The molecule has 2 aliphatic carbocycles. The number of ether oxygens (including phenoxy) is 1. The second-order valence-corrected chi connectivity index (χ2v) is 7.01. The third kappa shape index (κ3) is 3.11. The van der Waals surface area contributed by atoms with Gasteiger partial charge in [-0.05, 0) is 62.2 Å².